The fourth-order valence-electron chi connectivity index (χ4n) is 1.70. The van der Waals surface area contributed by atoms with Crippen molar-refractivity contribution >= 4 is 0 Å². The van der Waals surface area contributed by atoms with E-state index >= 15 is 0 Å². The van der Waals surface area contributed by atoms with Crippen molar-refractivity contribution in [2.24, 2.45) is 5.92 Å². The zero-order valence-electron chi connectivity index (χ0n) is 6.31. The molecule has 0 amide bonds. The molecule has 1 N–H and O–H groups in total. The van der Waals surface area contributed by atoms with E-state index in [2.05, 4.69) is 5.32 Å². The summed E-state index contributed by atoms with van der Waals surface area (Å²) in [4.78, 5) is 0. The topological polar surface area (TPSA) is 30.5 Å². The molecule has 11 heavy (non-hydrogen) atoms. The number of hydrogen-bond donors (Lipinski definition) is 1. The van der Waals surface area contributed by atoms with Crippen LogP contribution in [-0.2, 0) is 9.47 Å². The molecule has 3 nitrogen and oxygen atoms in total. The highest BCUT2D eigenvalue weighted by molar-refractivity contribution is 4.91. The Kier molecular flexibility index (Phi) is 1.83. The summed E-state index contributed by atoms with van der Waals surface area (Å²) >= 11 is 0. The lowest BCUT2D eigenvalue weighted by molar-refractivity contribution is -0.172. The second-order valence-corrected chi connectivity index (χ2v) is 2.99. The van der Waals surface area contributed by atoms with Crippen LogP contribution in [0.25, 0.3) is 0 Å². The molecule has 0 radical (unpaired) electrons. The van der Waals surface area contributed by atoms with Gasteiger partial charge < -0.3 is 14.8 Å². The van der Waals surface area contributed by atoms with Crippen LogP contribution in [0.4, 0.5) is 4.39 Å². The second-order valence-electron chi connectivity index (χ2n) is 2.99. The van der Waals surface area contributed by atoms with Gasteiger partial charge in [0.2, 0.25) is 0 Å². The van der Waals surface area contributed by atoms with Crippen molar-refractivity contribution in [3.8, 4) is 0 Å². The van der Waals surface area contributed by atoms with Crippen LogP contribution in [0.2, 0.25) is 0 Å². The van der Waals surface area contributed by atoms with Crippen molar-refractivity contribution in [1.29, 1.82) is 0 Å². The SMILES string of the molecule is FCC1CNCC12OCCO2. The van der Waals surface area contributed by atoms with Gasteiger partial charge in [-0.25, -0.2) is 0 Å². The van der Waals surface area contributed by atoms with Crippen LogP contribution in [0.15, 0.2) is 0 Å². The summed E-state index contributed by atoms with van der Waals surface area (Å²) in [5.74, 6) is -0.751. The minimum Gasteiger partial charge on any atom is -0.346 e. The third kappa shape index (κ3) is 1.06. The van der Waals surface area contributed by atoms with E-state index in [1.54, 1.807) is 0 Å². The van der Waals surface area contributed by atoms with Crippen LogP contribution in [-0.4, -0.2) is 38.8 Å². The standard InChI is InChI=1S/C7H12FNO2/c8-3-6-4-9-5-7(6)10-1-2-11-7/h6,9H,1-5H2. The number of rotatable bonds is 1. The summed E-state index contributed by atoms with van der Waals surface area (Å²) in [7, 11) is 0. The summed E-state index contributed by atoms with van der Waals surface area (Å²) in [6.45, 7) is 2.11. The van der Waals surface area contributed by atoms with E-state index in [0.717, 1.165) is 0 Å². The lowest BCUT2D eigenvalue weighted by Crippen LogP contribution is -2.40. The monoisotopic (exact) mass is 161 g/mol. The van der Waals surface area contributed by atoms with E-state index in [9.17, 15) is 4.39 Å². The van der Waals surface area contributed by atoms with Crippen molar-refractivity contribution in [1.82, 2.24) is 5.32 Å². The van der Waals surface area contributed by atoms with Crippen LogP contribution in [0.3, 0.4) is 0 Å². The van der Waals surface area contributed by atoms with Crippen molar-refractivity contribution in [3.63, 3.8) is 0 Å². The normalized spacial score (nSPS) is 35.2. The zero-order valence-corrected chi connectivity index (χ0v) is 6.31. The van der Waals surface area contributed by atoms with Crippen LogP contribution < -0.4 is 5.32 Å². The van der Waals surface area contributed by atoms with Crippen molar-refractivity contribution < 1.29 is 13.9 Å². The first-order valence-corrected chi connectivity index (χ1v) is 3.92. The van der Waals surface area contributed by atoms with E-state index in [1.807, 2.05) is 0 Å². The van der Waals surface area contributed by atoms with E-state index < -0.39 is 5.79 Å². The minimum atomic E-state index is -0.630. The molecule has 4 heteroatoms. The number of alkyl halides is 1. The molecule has 2 fully saturated rings. The summed E-state index contributed by atoms with van der Waals surface area (Å²) < 4.78 is 23.2. The fraction of sp³-hybridized carbons (Fsp3) is 1.00. The van der Waals surface area contributed by atoms with E-state index in [1.165, 1.54) is 0 Å². The number of nitrogens with one attached hydrogen (secondary N) is 1. The van der Waals surface area contributed by atoms with E-state index in [4.69, 9.17) is 9.47 Å². The number of hydrogen-bond acceptors (Lipinski definition) is 3. The Morgan fingerprint density at radius 1 is 1.45 bits per heavy atom. The van der Waals surface area contributed by atoms with Gasteiger partial charge in [0.1, 0.15) is 0 Å². The molecule has 64 valence electrons. The Labute approximate surface area is 64.9 Å². The molecular formula is C7H12FNO2. The minimum absolute atomic E-state index is 0.120. The van der Waals surface area contributed by atoms with Gasteiger partial charge in [-0.15, -0.1) is 0 Å². The first-order valence-electron chi connectivity index (χ1n) is 3.92. The van der Waals surface area contributed by atoms with Crippen molar-refractivity contribution in [2.75, 3.05) is 33.0 Å². The first kappa shape index (κ1) is 7.46. The Morgan fingerprint density at radius 2 is 2.18 bits per heavy atom. The molecule has 2 heterocycles. The summed E-state index contributed by atoms with van der Waals surface area (Å²) in [5.41, 5.74) is 0. The predicted molar refractivity (Wildman–Crippen MR) is 37.0 cm³/mol. The Balaban J connectivity index is 2.09. The molecule has 1 unspecified atom stereocenters. The maximum Gasteiger partial charge on any atom is 0.187 e. The average Bonchev–Trinajstić information content (AvgIpc) is 2.62. The third-order valence-electron chi connectivity index (χ3n) is 2.35. The molecule has 2 aliphatic rings. The quantitative estimate of drug-likeness (QED) is 0.583. The lowest BCUT2D eigenvalue weighted by atomic mass is 10.0. The Morgan fingerprint density at radius 3 is 2.82 bits per heavy atom. The summed E-state index contributed by atoms with van der Waals surface area (Å²) in [6, 6.07) is 0. The van der Waals surface area contributed by atoms with Crippen LogP contribution >= 0.6 is 0 Å². The van der Waals surface area contributed by atoms with Gasteiger partial charge in [-0.3, -0.25) is 4.39 Å². The number of ether oxygens (including phenoxy) is 2. The van der Waals surface area contributed by atoms with Gasteiger partial charge in [-0.05, 0) is 0 Å². The molecule has 0 bridgehead atoms. The summed E-state index contributed by atoms with van der Waals surface area (Å²) in [6.07, 6.45) is 0. The largest absolute Gasteiger partial charge is 0.346 e. The molecule has 2 rings (SSSR count). The molecule has 2 aliphatic heterocycles. The third-order valence-corrected chi connectivity index (χ3v) is 2.35. The molecule has 1 atom stereocenters. The Bertz CT molecular complexity index is 142. The highest BCUT2D eigenvalue weighted by atomic mass is 19.1. The molecule has 0 aromatic carbocycles. The predicted octanol–water partition coefficient (Wildman–Crippen LogP) is -0.0816. The highest BCUT2D eigenvalue weighted by Gasteiger charge is 2.47. The van der Waals surface area contributed by atoms with Gasteiger partial charge in [0.15, 0.2) is 5.79 Å². The van der Waals surface area contributed by atoms with Gasteiger partial charge >= 0.3 is 0 Å². The van der Waals surface area contributed by atoms with Crippen molar-refractivity contribution in [3.05, 3.63) is 0 Å². The van der Waals surface area contributed by atoms with Crippen LogP contribution in [0.1, 0.15) is 0 Å². The summed E-state index contributed by atoms with van der Waals surface area (Å²) in [5, 5.41) is 3.07. The smallest absolute Gasteiger partial charge is 0.187 e. The van der Waals surface area contributed by atoms with Crippen LogP contribution in [0.5, 0.6) is 0 Å². The first-order chi connectivity index (χ1) is 5.37. The lowest BCUT2D eigenvalue weighted by Gasteiger charge is -2.25. The molecule has 0 saturated carbocycles. The highest BCUT2D eigenvalue weighted by Crippen LogP contribution is 2.31. The second kappa shape index (κ2) is 2.69. The maximum atomic E-state index is 12.4. The van der Waals surface area contributed by atoms with E-state index in [0.29, 0.717) is 26.3 Å². The van der Waals surface area contributed by atoms with Gasteiger partial charge in [-0.2, -0.15) is 0 Å². The zero-order chi connectivity index (χ0) is 7.73. The number of halogens is 1. The van der Waals surface area contributed by atoms with Gasteiger partial charge in [0.05, 0.1) is 32.4 Å². The molecule has 0 aromatic heterocycles. The van der Waals surface area contributed by atoms with Gasteiger partial charge in [0.25, 0.3) is 0 Å². The Hall–Kier alpha value is -0.190. The molecular weight excluding hydrogens is 149 g/mol. The van der Waals surface area contributed by atoms with Gasteiger partial charge in [0, 0.05) is 6.54 Å². The van der Waals surface area contributed by atoms with E-state index in [-0.39, 0.29) is 12.6 Å². The van der Waals surface area contributed by atoms with Crippen molar-refractivity contribution in [2.45, 2.75) is 5.79 Å². The van der Waals surface area contributed by atoms with Gasteiger partial charge in [-0.1, -0.05) is 0 Å². The molecule has 0 aliphatic carbocycles. The molecule has 0 aromatic rings. The molecule has 2 saturated heterocycles. The molecule has 1 spiro atoms. The maximum absolute atomic E-state index is 12.4. The van der Waals surface area contributed by atoms with Crippen LogP contribution in [0, 0.1) is 5.92 Å². The average molecular weight is 161 g/mol. The fourth-order valence-corrected chi connectivity index (χ4v) is 1.70.